The average molecular weight is 229 g/mol. The molecule has 0 amide bonds. The summed E-state index contributed by atoms with van der Waals surface area (Å²) in [5.74, 6) is 0. The summed E-state index contributed by atoms with van der Waals surface area (Å²) in [6.45, 7) is 3.64. The highest BCUT2D eigenvalue weighted by Gasteiger charge is 2.26. The fourth-order valence-electron chi connectivity index (χ4n) is 1.12. The summed E-state index contributed by atoms with van der Waals surface area (Å²) in [6.07, 6.45) is 0.414. The molecule has 0 bridgehead atoms. The van der Waals surface area contributed by atoms with Gasteiger partial charge in [-0.2, -0.15) is 0 Å². The van der Waals surface area contributed by atoms with Gasteiger partial charge < -0.3 is 15.2 Å². The lowest BCUT2D eigenvalue weighted by Gasteiger charge is -2.17. The molecule has 0 saturated heterocycles. The smallest absolute Gasteiger partial charge is 0.361 e. The molecule has 0 aliphatic heterocycles. The van der Waals surface area contributed by atoms with Crippen molar-refractivity contribution in [3.63, 3.8) is 0 Å². The molecule has 1 rings (SSSR count). The number of hydrogen-bond acceptors (Lipinski definition) is 3. The molecule has 5 heteroatoms. The van der Waals surface area contributed by atoms with E-state index >= 15 is 0 Å². The van der Waals surface area contributed by atoms with Crippen LogP contribution in [0.2, 0.25) is 0 Å². The van der Waals surface area contributed by atoms with Gasteiger partial charge in [-0.3, -0.25) is 4.57 Å². The number of anilines is 1. The fraction of sp³-hybridized carbons (Fsp3) is 0.400. The van der Waals surface area contributed by atoms with Crippen molar-refractivity contribution in [2.45, 2.75) is 26.4 Å². The highest BCUT2D eigenvalue weighted by Crippen LogP contribution is 2.44. The molecular weight excluding hydrogens is 213 g/mol. The predicted molar refractivity (Wildman–Crippen MR) is 61.2 cm³/mol. The normalized spacial score (nSPS) is 17.0. The SMILES string of the molecule is CCC(C)OP(=O)(O)c1ccccc1N. The quantitative estimate of drug-likeness (QED) is 0.611. The molecule has 3 N–H and O–H groups in total. The maximum atomic E-state index is 11.9. The minimum atomic E-state index is -3.78. The Morgan fingerprint density at radius 2 is 2.13 bits per heavy atom. The van der Waals surface area contributed by atoms with E-state index < -0.39 is 7.60 Å². The molecule has 0 aromatic heterocycles. The van der Waals surface area contributed by atoms with Crippen LogP contribution in [0.3, 0.4) is 0 Å². The highest BCUT2D eigenvalue weighted by molar-refractivity contribution is 7.61. The third kappa shape index (κ3) is 3.06. The van der Waals surface area contributed by atoms with Crippen LogP contribution in [-0.4, -0.2) is 11.0 Å². The van der Waals surface area contributed by atoms with Crippen LogP contribution in [0, 0.1) is 0 Å². The second kappa shape index (κ2) is 4.79. The highest BCUT2D eigenvalue weighted by atomic mass is 31.2. The molecule has 0 radical (unpaired) electrons. The van der Waals surface area contributed by atoms with E-state index in [0.29, 0.717) is 6.42 Å². The van der Waals surface area contributed by atoms with Gasteiger partial charge in [-0.15, -0.1) is 0 Å². The van der Waals surface area contributed by atoms with E-state index in [9.17, 15) is 9.46 Å². The molecule has 0 fully saturated rings. The van der Waals surface area contributed by atoms with E-state index in [1.807, 2.05) is 6.92 Å². The maximum Gasteiger partial charge on any atom is 0.361 e. The van der Waals surface area contributed by atoms with Crippen molar-refractivity contribution in [2.24, 2.45) is 0 Å². The zero-order valence-corrected chi connectivity index (χ0v) is 9.78. The molecule has 4 nitrogen and oxygen atoms in total. The van der Waals surface area contributed by atoms with Crippen LogP contribution in [0.15, 0.2) is 24.3 Å². The predicted octanol–water partition coefficient (Wildman–Crippen LogP) is 1.89. The van der Waals surface area contributed by atoms with Crippen LogP contribution in [0.4, 0.5) is 5.69 Å². The van der Waals surface area contributed by atoms with E-state index in [0.717, 1.165) is 0 Å². The molecule has 84 valence electrons. The first kappa shape index (κ1) is 12.2. The van der Waals surface area contributed by atoms with E-state index in [1.165, 1.54) is 6.07 Å². The van der Waals surface area contributed by atoms with Crippen LogP contribution >= 0.6 is 7.60 Å². The fourth-order valence-corrected chi connectivity index (χ4v) is 2.55. The van der Waals surface area contributed by atoms with Gasteiger partial charge in [0.2, 0.25) is 0 Å². The monoisotopic (exact) mass is 229 g/mol. The Labute approximate surface area is 89.6 Å². The van der Waals surface area contributed by atoms with Crippen LogP contribution in [0.25, 0.3) is 0 Å². The lowest BCUT2D eigenvalue weighted by molar-refractivity contribution is 0.192. The van der Waals surface area contributed by atoms with Crippen molar-refractivity contribution in [3.05, 3.63) is 24.3 Å². The maximum absolute atomic E-state index is 11.9. The standard InChI is InChI=1S/C10H16NO3P/c1-3-8(2)14-15(12,13)10-7-5-4-6-9(10)11/h4-8H,3,11H2,1-2H3,(H,12,13). The Hall–Kier alpha value is -0.830. The number of benzene rings is 1. The number of nitrogens with two attached hydrogens (primary N) is 1. The molecule has 1 aromatic rings. The second-order valence-electron chi connectivity index (χ2n) is 3.40. The van der Waals surface area contributed by atoms with Gasteiger partial charge in [0.25, 0.3) is 0 Å². The van der Waals surface area contributed by atoms with Gasteiger partial charge in [-0.05, 0) is 25.5 Å². The van der Waals surface area contributed by atoms with Crippen LogP contribution < -0.4 is 11.0 Å². The van der Waals surface area contributed by atoms with Gasteiger partial charge in [-0.1, -0.05) is 19.1 Å². The lowest BCUT2D eigenvalue weighted by atomic mass is 10.3. The van der Waals surface area contributed by atoms with Crippen LogP contribution in [-0.2, 0) is 9.09 Å². The van der Waals surface area contributed by atoms with Crippen molar-refractivity contribution in [3.8, 4) is 0 Å². The number of para-hydroxylation sites is 1. The summed E-state index contributed by atoms with van der Waals surface area (Å²) >= 11 is 0. The second-order valence-corrected chi connectivity index (χ2v) is 5.14. The molecule has 2 atom stereocenters. The zero-order chi connectivity index (χ0) is 11.5. The molecular formula is C10H16NO3P. The Morgan fingerprint density at radius 1 is 1.53 bits per heavy atom. The van der Waals surface area contributed by atoms with E-state index in [1.54, 1.807) is 25.1 Å². The van der Waals surface area contributed by atoms with Crippen molar-refractivity contribution < 1.29 is 14.0 Å². The van der Waals surface area contributed by atoms with E-state index in [2.05, 4.69) is 0 Å². The molecule has 0 aliphatic rings. The van der Waals surface area contributed by atoms with Crippen molar-refractivity contribution in [1.29, 1.82) is 0 Å². The third-order valence-electron chi connectivity index (χ3n) is 2.14. The first-order valence-electron chi connectivity index (χ1n) is 4.83. The van der Waals surface area contributed by atoms with Gasteiger partial charge >= 0.3 is 7.60 Å². The minimum Gasteiger partial charge on any atom is -0.398 e. The Bertz CT molecular complexity index is 381. The van der Waals surface area contributed by atoms with Crippen molar-refractivity contribution in [2.75, 3.05) is 5.73 Å². The number of nitrogen functional groups attached to an aromatic ring is 1. The molecule has 0 spiro atoms. The van der Waals surface area contributed by atoms with E-state index in [4.69, 9.17) is 10.3 Å². The lowest BCUT2D eigenvalue weighted by Crippen LogP contribution is -2.15. The van der Waals surface area contributed by atoms with Crippen molar-refractivity contribution >= 4 is 18.6 Å². The first-order chi connectivity index (χ1) is 6.97. The molecule has 0 aliphatic carbocycles. The molecule has 2 unspecified atom stereocenters. The Kier molecular flexibility index (Phi) is 3.91. The summed E-state index contributed by atoms with van der Waals surface area (Å²) in [7, 11) is -3.78. The van der Waals surface area contributed by atoms with Gasteiger partial charge in [-0.25, -0.2) is 0 Å². The van der Waals surface area contributed by atoms with Crippen LogP contribution in [0.5, 0.6) is 0 Å². The number of rotatable bonds is 4. The summed E-state index contributed by atoms with van der Waals surface area (Å²) in [6, 6.07) is 6.47. The molecule has 0 heterocycles. The summed E-state index contributed by atoms with van der Waals surface area (Å²) in [5.41, 5.74) is 5.90. The molecule has 0 saturated carbocycles. The van der Waals surface area contributed by atoms with Gasteiger partial charge in [0.1, 0.15) is 0 Å². The molecule has 1 aromatic carbocycles. The minimum absolute atomic E-state index is 0.172. The topological polar surface area (TPSA) is 72.5 Å². The van der Waals surface area contributed by atoms with Gasteiger partial charge in [0.05, 0.1) is 11.4 Å². The van der Waals surface area contributed by atoms with Gasteiger partial charge in [0.15, 0.2) is 0 Å². The van der Waals surface area contributed by atoms with Crippen LogP contribution in [0.1, 0.15) is 20.3 Å². The summed E-state index contributed by atoms with van der Waals surface area (Å²) < 4.78 is 16.9. The van der Waals surface area contributed by atoms with Gasteiger partial charge in [0, 0.05) is 5.69 Å². The summed E-state index contributed by atoms with van der Waals surface area (Å²) in [5, 5.41) is 0.172. The third-order valence-corrected chi connectivity index (χ3v) is 3.80. The largest absolute Gasteiger partial charge is 0.398 e. The zero-order valence-electron chi connectivity index (χ0n) is 8.88. The van der Waals surface area contributed by atoms with E-state index in [-0.39, 0.29) is 17.1 Å². The summed E-state index contributed by atoms with van der Waals surface area (Å²) in [4.78, 5) is 9.72. The molecule has 15 heavy (non-hydrogen) atoms. The number of hydrogen-bond donors (Lipinski definition) is 2. The Morgan fingerprint density at radius 3 is 2.67 bits per heavy atom. The average Bonchev–Trinajstić information content (AvgIpc) is 2.17. The first-order valence-corrected chi connectivity index (χ1v) is 6.41. The Balaban J connectivity index is 2.96. The van der Waals surface area contributed by atoms with Crippen molar-refractivity contribution in [1.82, 2.24) is 0 Å².